The predicted molar refractivity (Wildman–Crippen MR) is 100 cm³/mol. The molecule has 7 heteroatoms. The summed E-state index contributed by atoms with van der Waals surface area (Å²) in [7, 11) is 1.63. The van der Waals surface area contributed by atoms with Crippen LogP contribution in [0.1, 0.15) is 11.1 Å². The summed E-state index contributed by atoms with van der Waals surface area (Å²) in [5, 5.41) is 15.0. The summed E-state index contributed by atoms with van der Waals surface area (Å²) in [6.45, 7) is 3.99. The maximum atomic E-state index is 6.05. The predicted octanol–water partition coefficient (Wildman–Crippen LogP) is 4.64. The van der Waals surface area contributed by atoms with Gasteiger partial charge >= 0.3 is 0 Å². The lowest BCUT2D eigenvalue weighted by Crippen LogP contribution is -2.04. The molecule has 0 amide bonds. The van der Waals surface area contributed by atoms with Gasteiger partial charge in [0.05, 0.1) is 19.0 Å². The van der Waals surface area contributed by atoms with Crippen LogP contribution in [-0.4, -0.2) is 22.3 Å². The van der Waals surface area contributed by atoms with E-state index >= 15 is 0 Å². The molecule has 0 radical (unpaired) electrons. The van der Waals surface area contributed by atoms with Gasteiger partial charge in [0.1, 0.15) is 5.75 Å². The van der Waals surface area contributed by atoms with Crippen LogP contribution in [0, 0.1) is 13.8 Å². The molecule has 0 fully saturated rings. The lowest BCUT2D eigenvalue weighted by Gasteiger charge is -2.12. The van der Waals surface area contributed by atoms with Gasteiger partial charge < -0.3 is 15.4 Å². The van der Waals surface area contributed by atoms with Crippen molar-refractivity contribution in [2.75, 3.05) is 17.7 Å². The molecule has 0 spiro atoms. The molecule has 0 aliphatic heterocycles. The number of nitrogens with zero attached hydrogens (tertiary/aromatic N) is 3. The van der Waals surface area contributed by atoms with Gasteiger partial charge in [-0.1, -0.05) is 23.7 Å². The van der Waals surface area contributed by atoms with E-state index in [1.54, 1.807) is 13.3 Å². The molecule has 0 saturated heterocycles. The highest BCUT2D eigenvalue weighted by molar-refractivity contribution is 6.30. The first-order valence-corrected chi connectivity index (χ1v) is 8.07. The van der Waals surface area contributed by atoms with Gasteiger partial charge in [-0.15, -0.1) is 5.10 Å². The van der Waals surface area contributed by atoms with Gasteiger partial charge in [0.25, 0.3) is 0 Å². The highest BCUT2D eigenvalue weighted by Crippen LogP contribution is 2.28. The van der Waals surface area contributed by atoms with E-state index in [2.05, 4.69) is 25.8 Å². The zero-order valence-corrected chi connectivity index (χ0v) is 14.9. The zero-order chi connectivity index (χ0) is 17.8. The van der Waals surface area contributed by atoms with E-state index in [4.69, 9.17) is 16.3 Å². The van der Waals surface area contributed by atoms with Crippen LogP contribution in [0.25, 0.3) is 0 Å². The fraction of sp³-hybridized carbons (Fsp3) is 0.167. The van der Waals surface area contributed by atoms with E-state index in [1.807, 2.05) is 50.2 Å². The first-order chi connectivity index (χ1) is 12.0. The minimum Gasteiger partial charge on any atom is -0.495 e. The molecule has 1 aromatic heterocycles. The van der Waals surface area contributed by atoms with E-state index in [-0.39, 0.29) is 0 Å². The normalized spacial score (nSPS) is 10.4. The van der Waals surface area contributed by atoms with Crippen LogP contribution in [0.15, 0.2) is 42.6 Å². The Bertz CT molecular complexity index is 900. The molecule has 3 rings (SSSR count). The second kappa shape index (κ2) is 7.36. The largest absolute Gasteiger partial charge is 0.495 e. The first-order valence-electron chi connectivity index (χ1n) is 7.70. The number of benzene rings is 2. The summed E-state index contributed by atoms with van der Waals surface area (Å²) < 4.78 is 5.37. The van der Waals surface area contributed by atoms with Crippen LogP contribution < -0.4 is 15.4 Å². The number of aryl methyl sites for hydroxylation is 2. The molecule has 0 unspecified atom stereocenters. The van der Waals surface area contributed by atoms with Crippen molar-refractivity contribution >= 4 is 34.7 Å². The molecule has 0 atom stereocenters. The van der Waals surface area contributed by atoms with Crippen LogP contribution in [0.5, 0.6) is 5.75 Å². The van der Waals surface area contributed by atoms with Crippen molar-refractivity contribution in [2.45, 2.75) is 13.8 Å². The Morgan fingerprint density at radius 3 is 2.64 bits per heavy atom. The number of nitrogens with one attached hydrogen (secondary N) is 2. The van der Waals surface area contributed by atoms with Gasteiger partial charge in [0.15, 0.2) is 5.82 Å². The second-order valence-corrected chi connectivity index (χ2v) is 6.01. The van der Waals surface area contributed by atoms with Gasteiger partial charge in [-0.05, 0) is 49.2 Å². The maximum Gasteiger partial charge on any atom is 0.249 e. The number of hydrogen-bond donors (Lipinski definition) is 2. The van der Waals surface area contributed by atoms with Crippen molar-refractivity contribution < 1.29 is 4.74 Å². The average molecular weight is 356 g/mol. The Labute approximate surface area is 151 Å². The molecule has 0 aliphatic rings. The van der Waals surface area contributed by atoms with E-state index in [0.717, 1.165) is 28.3 Å². The Balaban J connectivity index is 1.85. The van der Waals surface area contributed by atoms with Crippen molar-refractivity contribution in [2.24, 2.45) is 0 Å². The standard InChI is InChI=1S/C18H18ClN5O/c1-11-4-7-16(25-3)15(8-11)21-17-10-20-24-18(23-17)22-14-9-13(19)6-5-12(14)2/h4-10H,1-3H3,(H2,21,22,23,24). The smallest absolute Gasteiger partial charge is 0.249 e. The van der Waals surface area contributed by atoms with E-state index in [9.17, 15) is 0 Å². The fourth-order valence-corrected chi connectivity index (χ4v) is 2.50. The molecular formula is C18H18ClN5O. The number of aromatic nitrogens is 3. The maximum absolute atomic E-state index is 6.05. The Hall–Kier alpha value is -2.86. The molecule has 128 valence electrons. The third kappa shape index (κ3) is 4.16. The number of halogens is 1. The van der Waals surface area contributed by atoms with Crippen LogP contribution in [0.3, 0.4) is 0 Å². The van der Waals surface area contributed by atoms with Crippen LogP contribution >= 0.6 is 11.6 Å². The minimum absolute atomic E-state index is 0.377. The quantitative estimate of drug-likeness (QED) is 0.694. The molecule has 2 N–H and O–H groups in total. The number of anilines is 4. The fourth-order valence-electron chi connectivity index (χ4n) is 2.32. The molecule has 3 aromatic rings. The summed E-state index contributed by atoms with van der Waals surface area (Å²) in [5.74, 6) is 1.66. The SMILES string of the molecule is COc1ccc(C)cc1Nc1cnnc(Nc2cc(Cl)ccc2C)n1. The topological polar surface area (TPSA) is 72.0 Å². The molecular weight excluding hydrogens is 338 g/mol. The molecule has 0 bridgehead atoms. The number of methoxy groups -OCH3 is 1. The minimum atomic E-state index is 0.377. The number of hydrogen-bond acceptors (Lipinski definition) is 6. The van der Waals surface area contributed by atoms with Crippen LogP contribution in [0.4, 0.5) is 23.1 Å². The van der Waals surface area contributed by atoms with Gasteiger partial charge in [0.2, 0.25) is 5.95 Å². The number of ether oxygens (including phenoxy) is 1. The highest BCUT2D eigenvalue weighted by atomic mass is 35.5. The summed E-state index contributed by atoms with van der Waals surface area (Å²) in [5.41, 5.74) is 3.79. The van der Waals surface area contributed by atoms with Crippen LogP contribution in [0.2, 0.25) is 5.02 Å². The van der Waals surface area contributed by atoms with E-state index in [0.29, 0.717) is 16.8 Å². The van der Waals surface area contributed by atoms with Crippen molar-refractivity contribution in [3.05, 3.63) is 58.7 Å². The van der Waals surface area contributed by atoms with Crippen molar-refractivity contribution in [3.63, 3.8) is 0 Å². The lowest BCUT2D eigenvalue weighted by molar-refractivity contribution is 0.416. The van der Waals surface area contributed by atoms with E-state index in [1.165, 1.54) is 0 Å². The molecule has 1 heterocycles. The summed E-state index contributed by atoms with van der Waals surface area (Å²) in [6.07, 6.45) is 1.55. The van der Waals surface area contributed by atoms with Gasteiger partial charge in [-0.3, -0.25) is 0 Å². The van der Waals surface area contributed by atoms with Gasteiger partial charge in [-0.2, -0.15) is 10.1 Å². The number of rotatable bonds is 5. The molecule has 2 aromatic carbocycles. The lowest BCUT2D eigenvalue weighted by atomic mass is 10.2. The third-order valence-electron chi connectivity index (χ3n) is 3.62. The zero-order valence-electron chi connectivity index (χ0n) is 14.2. The molecule has 6 nitrogen and oxygen atoms in total. The average Bonchev–Trinajstić information content (AvgIpc) is 2.59. The molecule has 25 heavy (non-hydrogen) atoms. The van der Waals surface area contributed by atoms with Crippen molar-refractivity contribution in [3.8, 4) is 5.75 Å². The van der Waals surface area contributed by atoms with Crippen LogP contribution in [-0.2, 0) is 0 Å². The highest BCUT2D eigenvalue weighted by Gasteiger charge is 2.08. The summed E-state index contributed by atoms with van der Waals surface area (Å²) >= 11 is 6.05. The molecule has 0 aliphatic carbocycles. The van der Waals surface area contributed by atoms with Gasteiger partial charge in [-0.25, -0.2) is 0 Å². The monoisotopic (exact) mass is 355 g/mol. The Morgan fingerprint density at radius 2 is 1.84 bits per heavy atom. The van der Waals surface area contributed by atoms with Crippen molar-refractivity contribution in [1.29, 1.82) is 0 Å². The Kier molecular flexibility index (Phi) is 5.00. The first kappa shape index (κ1) is 17.0. The van der Waals surface area contributed by atoms with Crippen molar-refractivity contribution in [1.82, 2.24) is 15.2 Å². The Morgan fingerprint density at radius 1 is 1.00 bits per heavy atom. The van der Waals surface area contributed by atoms with Gasteiger partial charge in [0, 0.05) is 10.7 Å². The van der Waals surface area contributed by atoms with E-state index < -0.39 is 0 Å². The molecule has 0 saturated carbocycles. The summed E-state index contributed by atoms with van der Waals surface area (Å²) in [6, 6.07) is 11.5. The second-order valence-electron chi connectivity index (χ2n) is 5.58. The summed E-state index contributed by atoms with van der Waals surface area (Å²) in [4.78, 5) is 4.44. The third-order valence-corrected chi connectivity index (χ3v) is 3.86.